The lowest BCUT2D eigenvalue weighted by molar-refractivity contribution is -0.143. The van der Waals surface area contributed by atoms with Crippen molar-refractivity contribution in [3.8, 4) is 10.6 Å². The van der Waals surface area contributed by atoms with Crippen LogP contribution in [0.3, 0.4) is 0 Å². The number of aromatic nitrogens is 1. The van der Waals surface area contributed by atoms with E-state index in [0.29, 0.717) is 11.6 Å². The zero-order valence-corrected chi connectivity index (χ0v) is 30.0. The van der Waals surface area contributed by atoms with Gasteiger partial charge in [0.25, 0.3) is 5.91 Å². The number of ether oxygens (including phenoxy) is 3. The summed E-state index contributed by atoms with van der Waals surface area (Å²) in [6, 6.07) is 8.02. The quantitative estimate of drug-likeness (QED) is 0.0834. The fourth-order valence-electron chi connectivity index (χ4n) is 4.82. The Bertz CT molecular complexity index is 1410. The smallest absolute Gasteiger partial charge is 0.409 e. The van der Waals surface area contributed by atoms with Crippen molar-refractivity contribution in [2.75, 3.05) is 65.3 Å². The number of rotatable bonds is 19. The third kappa shape index (κ3) is 13.2. The highest BCUT2D eigenvalue weighted by Crippen LogP contribution is 2.37. The van der Waals surface area contributed by atoms with Crippen molar-refractivity contribution in [1.29, 1.82) is 0 Å². The summed E-state index contributed by atoms with van der Waals surface area (Å²) in [6.45, 7) is 6.69. The molecular formula is C32H47N6O9PS. The first kappa shape index (κ1) is 39.6. The summed E-state index contributed by atoms with van der Waals surface area (Å²) in [5.74, 6) is -2.15. The summed E-state index contributed by atoms with van der Waals surface area (Å²) < 4.78 is 29.6. The lowest BCUT2D eigenvalue weighted by atomic mass is 10.2. The number of amides is 3. The summed E-state index contributed by atoms with van der Waals surface area (Å²) in [6.07, 6.45) is 0.594. The number of carbonyl (C=O) groups excluding carboxylic acids is 5. The zero-order valence-electron chi connectivity index (χ0n) is 28.3. The molecule has 2 heterocycles. The van der Waals surface area contributed by atoms with E-state index in [0.717, 1.165) is 18.4 Å². The number of piperazine rings is 1. The van der Waals surface area contributed by atoms with E-state index in [2.05, 4.69) is 20.5 Å². The van der Waals surface area contributed by atoms with Crippen LogP contribution in [0.15, 0.2) is 35.7 Å². The fourth-order valence-corrected chi connectivity index (χ4v) is 7.70. The van der Waals surface area contributed by atoms with Crippen LogP contribution < -0.4 is 15.5 Å². The van der Waals surface area contributed by atoms with Gasteiger partial charge in [-0.2, -0.15) is 0 Å². The minimum Gasteiger partial charge on any atom is -0.466 e. The average Bonchev–Trinajstić information content (AvgIpc) is 3.59. The van der Waals surface area contributed by atoms with Crippen LogP contribution in [0.1, 0.15) is 56.9 Å². The van der Waals surface area contributed by atoms with Gasteiger partial charge in [-0.25, -0.2) is 9.78 Å². The molecule has 3 rings (SSSR count). The van der Waals surface area contributed by atoms with Crippen LogP contribution in [0.25, 0.3) is 10.6 Å². The molecule has 1 aliphatic heterocycles. The van der Waals surface area contributed by atoms with E-state index in [1.54, 1.807) is 19.2 Å². The van der Waals surface area contributed by atoms with Crippen LogP contribution in [0, 0.1) is 0 Å². The van der Waals surface area contributed by atoms with Gasteiger partial charge in [0.05, 0.1) is 38.8 Å². The van der Waals surface area contributed by atoms with Gasteiger partial charge in [0.1, 0.15) is 16.7 Å². The molecule has 1 atom stereocenters. The molecule has 3 N–H and O–H groups in total. The molecule has 15 nitrogen and oxygen atoms in total. The predicted molar refractivity (Wildman–Crippen MR) is 184 cm³/mol. The van der Waals surface area contributed by atoms with Crippen LogP contribution in [0.4, 0.5) is 4.79 Å². The van der Waals surface area contributed by atoms with Crippen molar-refractivity contribution < 1.29 is 42.7 Å². The van der Waals surface area contributed by atoms with Crippen molar-refractivity contribution >= 4 is 48.6 Å². The highest BCUT2D eigenvalue weighted by molar-refractivity contribution is 7.59. The maximum atomic E-state index is 14.3. The largest absolute Gasteiger partial charge is 0.466 e. The number of hydrogen-bond acceptors (Lipinski definition) is 11. The second-order valence-corrected chi connectivity index (χ2v) is 14.4. The molecule has 2 aromatic rings. The minimum absolute atomic E-state index is 0.0529. The number of esters is 2. The van der Waals surface area contributed by atoms with Crippen LogP contribution in [0.2, 0.25) is 0 Å². The molecule has 1 aromatic carbocycles. The Kier molecular flexibility index (Phi) is 16.7. The van der Waals surface area contributed by atoms with Crippen LogP contribution in [-0.4, -0.2) is 116 Å². The van der Waals surface area contributed by atoms with Crippen molar-refractivity contribution in [3.63, 3.8) is 0 Å². The minimum atomic E-state index is -3.74. The number of hydrogen-bond donors (Lipinski definition) is 3. The summed E-state index contributed by atoms with van der Waals surface area (Å²) in [7, 11) is -3.74. The van der Waals surface area contributed by atoms with E-state index in [1.165, 1.54) is 21.1 Å². The summed E-state index contributed by atoms with van der Waals surface area (Å²) in [5, 5.41) is 10.6. The number of carbonyl (C=O) groups is 5. The number of thiazole rings is 1. The Hall–Kier alpha value is -3.85. The highest BCUT2D eigenvalue weighted by atomic mass is 32.1. The summed E-state index contributed by atoms with van der Waals surface area (Å²) in [5.41, 5.74) is 0.910. The summed E-state index contributed by atoms with van der Waals surface area (Å²) >= 11 is 1.27. The number of nitrogens with zero attached hydrogens (tertiary/aromatic N) is 3. The van der Waals surface area contributed by atoms with Crippen molar-refractivity contribution in [2.24, 2.45) is 0 Å². The van der Waals surface area contributed by atoms with E-state index >= 15 is 0 Å². The molecular weight excluding hydrogens is 675 g/mol. The molecule has 0 radical (unpaired) electrons. The standard InChI is InChI=1S/C32H47N6O9PS/c1-4-7-21-47-32(43)38-19-17-37(18-20-38)31(42)25(35-29(41)26-23-49-30(36-26)24-11-9-8-10-12-24)22-48(44,33-15-13-27(39)45-5-2)34-16-14-28(40)46-6-3/h8-12,23,25H,4-7,13-22H2,1-3H3,(H,35,41)(H2,33,34,44)/t25-/m1/s1. The molecule has 49 heavy (non-hydrogen) atoms. The van der Waals surface area contributed by atoms with Gasteiger partial charge < -0.3 is 29.3 Å². The average molecular weight is 723 g/mol. The zero-order chi connectivity index (χ0) is 35.6. The van der Waals surface area contributed by atoms with E-state index in [-0.39, 0.29) is 71.0 Å². The molecule has 0 aliphatic carbocycles. The Morgan fingerprint density at radius 3 is 2.04 bits per heavy atom. The molecule has 1 fully saturated rings. The molecule has 0 spiro atoms. The van der Waals surface area contributed by atoms with Crippen LogP contribution in [-0.2, 0) is 33.2 Å². The molecule has 1 aromatic heterocycles. The van der Waals surface area contributed by atoms with E-state index < -0.39 is 49.5 Å². The SMILES string of the molecule is CCCCOC(=O)N1CCN(C(=O)[C@@H](CP(=O)(NCCC(=O)OCC)NCCC(=O)OCC)NC(=O)c2csc(-c3ccccc3)n2)CC1. The van der Waals surface area contributed by atoms with Gasteiger partial charge in [-0.15, -0.1) is 11.3 Å². The van der Waals surface area contributed by atoms with Gasteiger partial charge in [0.2, 0.25) is 13.4 Å². The van der Waals surface area contributed by atoms with Crippen molar-refractivity contribution in [2.45, 2.75) is 52.5 Å². The van der Waals surface area contributed by atoms with Gasteiger partial charge in [0, 0.05) is 50.2 Å². The second kappa shape index (κ2) is 20.6. The van der Waals surface area contributed by atoms with Gasteiger partial charge in [-0.3, -0.25) is 33.9 Å². The third-order valence-corrected chi connectivity index (χ3v) is 10.6. The summed E-state index contributed by atoms with van der Waals surface area (Å²) in [4.78, 5) is 71.5. The van der Waals surface area contributed by atoms with Crippen molar-refractivity contribution in [1.82, 2.24) is 30.3 Å². The molecule has 3 amide bonds. The van der Waals surface area contributed by atoms with Gasteiger partial charge in [0.15, 0.2) is 0 Å². The normalized spacial score (nSPS) is 13.8. The monoisotopic (exact) mass is 722 g/mol. The molecule has 1 saturated heterocycles. The van der Waals surface area contributed by atoms with Crippen LogP contribution >= 0.6 is 18.8 Å². The molecule has 0 unspecified atom stereocenters. The molecule has 17 heteroatoms. The van der Waals surface area contributed by atoms with Gasteiger partial charge >= 0.3 is 18.0 Å². The first-order valence-electron chi connectivity index (χ1n) is 16.5. The van der Waals surface area contributed by atoms with Gasteiger partial charge in [-0.05, 0) is 20.3 Å². The molecule has 1 aliphatic rings. The topological polar surface area (TPSA) is 186 Å². The fraction of sp³-hybridized carbons (Fsp3) is 0.562. The van der Waals surface area contributed by atoms with E-state index in [9.17, 15) is 28.5 Å². The number of nitrogens with one attached hydrogen (secondary N) is 3. The van der Waals surface area contributed by atoms with E-state index in [4.69, 9.17) is 14.2 Å². The Balaban J connectivity index is 1.81. The maximum Gasteiger partial charge on any atom is 0.409 e. The van der Waals surface area contributed by atoms with E-state index in [1.807, 2.05) is 37.3 Å². The predicted octanol–water partition coefficient (Wildman–Crippen LogP) is 3.27. The lowest BCUT2D eigenvalue weighted by Gasteiger charge is -2.36. The number of benzene rings is 1. The maximum absolute atomic E-state index is 14.3. The molecule has 0 bridgehead atoms. The Morgan fingerprint density at radius 2 is 1.47 bits per heavy atom. The lowest BCUT2D eigenvalue weighted by Crippen LogP contribution is -2.57. The first-order chi connectivity index (χ1) is 23.6. The van der Waals surface area contributed by atoms with Crippen molar-refractivity contribution in [3.05, 3.63) is 41.4 Å². The second-order valence-electron chi connectivity index (χ2n) is 11.1. The number of unbranched alkanes of at least 4 members (excludes halogenated alkanes) is 1. The third-order valence-electron chi connectivity index (χ3n) is 7.38. The molecule has 270 valence electrons. The first-order valence-corrected chi connectivity index (χ1v) is 19.3. The van der Waals surface area contributed by atoms with Crippen LogP contribution in [0.5, 0.6) is 0 Å². The molecule has 0 saturated carbocycles. The Morgan fingerprint density at radius 1 is 0.878 bits per heavy atom. The van der Waals surface area contributed by atoms with Gasteiger partial charge in [-0.1, -0.05) is 43.7 Å². The highest BCUT2D eigenvalue weighted by Gasteiger charge is 2.36. The Labute approximate surface area is 290 Å².